The highest BCUT2D eigenvalue weighted by molar-refractivity contribution is 5.63. The summed E-state index contributed by atoms with van der Waals surface area (Å²) >= 11 is 0. The molecule has 2 aliphatic rings. The maximum atomic E-state index is 9.74. The molecule has 114 valence electrons. The van der Waals surface area contributed by atoms with E-state index in [0.717, 1.165) is 6.54 Å². The molecule has 0 atom stereocenters. The standard InChI is InChI=1S/C19H27NO/c1-20-11-5-8-17-12-15(9-10-19(17)20)13-18(14-21)16-6-3-2-4-7-16/h9-10,12-13,16,21H,2-8,11,14H2,1H3/b18-13-. The van der Waals surface area contributed by atoms with Crippen LogP contribution in [0.1, 0.15) is 49.7 Å². The lowest BCUT2D eigenvalue weighted by molar-refractivity contribution is 0.295. The monoisotopic (exact) mass is 285 g/mol. The zero-order chi connectivity index (χ0) is 14.7. The van der Waals surface area contributed by atoms with Gasteiger partial charge < -0.3 is 10.0 Å². The van der Waals surface area contributed by atoms with Crippen molar-refractivity contribution in [2.45, 2.75) is 44.9 Å². The van der Waals surface area contributed by atoms with E-state index in [0.29, 0.717) is 5.92 Å². The van der Waals surface area contributed by atoms with Gasteiger partial charge in [0.15, 0.2) is 0 Å². The van der Waals surface area contributed by atoms with Crippen LogP contribution in [0, 0.1) is 5.92 Å². The molecule has 1 aliphatic heterocycles. The van der Waals surface area contributed by atoms with Crippen molar-refractivity contribution in [3.63, 3.8) is 0 Å². The van der Waals surface area contributed by atoms with Gasteiger partial charge in [-0.3, -0.25) is 0 Å². The number of anilines is 1. The van der Waals surface area contributed by atoms with Crippen molar-refractivity contribution in [1.82, 2.24) is 0 Å². The van der Waals surface area contributed by atoms with Crippen molar-refractivity contribution in [2.24, 2.45) is 5.92 Å². The smallest absolute Gasteiger partial charge is 0.0647 e. The number of aryl methyl sites for hydroxylation is 1. The number of fused-ring (bicyclic) bond motifs is 1. The lowest BCUT2D eigenvalue weighted by Crippen LogP contribution is -2.24. The summed E-state index contributed by atoms with van der Waals surface area (Å²) in [5.74, 6) is 0.599. The Morgan fingerprint density at radius 2 is 2.05 bits per heavy atom. The lowest BCUT2D eigenvalue weighted by Gasteiger charge is -2.28. The van der Waals surface area contributed by atoms with Crippen molar-refractivity contribution in [3.8, 4) is 0 Å². The predicted molar refractivity (Wildman–Crippen MR) is 89.7 cm³/mol. The summed E-state index contributed by atoms with van der Waals surface area (Å²) in [4.78, 5) is 2.35. The normalized spacial score (nSPS) is 20.5. The zero-order valence-electron chi connectivity index (χ0n) is 13.1. The number of rotatable bonds is 3. The molecule has 0 aromatic heterocycles. The van der Waals surface area contributed by atoms with Gasteiger partial charge in [-0.25, -0.2) is 0 Å². The van der Waals surface area contributed by atoms with Crippen LogP contribution in [0.15, 0.2) is 23.8 Å². The number of aliphatic hydroxyl groups is 1. The molecule has 21 heavy (non-hydrogen) atoms. The molecule has 0 amide bonds. The van der Waals surface area contributed by atoms with Gasteiger partial charge in [-0.05, 0) is 60.4 Å². The average Bonchev–Trinajstić information content (AvgIpc) is 2.53. The van der Waals surface area contributed by atoms with Crippen molar-refractivity contribution in [2.75, 3.05) is 25.1 Å². The lowest BCUT2D eigenvalue weighted by atomic mass is 9.83. The number of benzene rings is 1. The van der Waals surface area contributed by atoms with Gasteiger partial charge in [0.25, 0.3) is 0 Å². The fourth-order valence-corrected chi connectivity index (χ4v) is 3.88. The Labute approximate surface area is 128 Å². The first-order valence-electron chi connectivity index (χ1n) is 8.43. The first-order chi connectivity index (χ1) is 10.3. The molecule has 1 fully saturated rings. The largest absolute Gasteiger partial charge is 0.392 e. The quantitative estimate of drug-likeness (QED) is 0.906. The van der Waals surface area contributed by atoms with Crippen LogP contribution in [0.4, 0.5) is 5.69 Å². The highest BCUT2D eigenvalue weighted by Gasteiger charge is 2.18. The highest BCUT2D eigenvalue weighted by Crippen LogP contribution is 2.32. The van der Waals surface area contributed by atoms with E-state index in [-0.39, 0.29) is 6.61 Å². The zero-order valence-corrected chi connectivity index (χ0v) is 13.1. The average molecular weight is 285 g/mol. The maximum Gasteiger partial charge on any atom is 0.0647 e. The Hall–Kier alpha value is -1.28. The van der Waals surface area contributed by atoms with Gasteiger partial charge in [0.1, 0.15) is 0 Å². The SMILES string of the molecule is CN1CCCc2cc(/C=C(/CO)C3CCCCC3)ccc21. The van der Waals surface area contributed by atoms with Gasteiger partial charge in [-0.15, -0.1) is 0 Å². The minimum Gasteiger partial charge on any atom is -0.392 e. The summed E-state index contributed by atoms with van der Waals surface area (Å²) < 4.78 is 0. The number of nitrogens with zero attached hydrogens (tertiary/aromatic N) is 1. The minimum absolute atomic E-state index is 0.210. The summed E-state index contributed by atoms with van der Waals surface area (Å²) in [6.07, 6.45) is 11.2. The molecule has 0 radical (unpaired) electrons. The molecule has 1 N–H and O–H groups in total. The summed E-state index contributed by atoms with van der Waals surface area (Å²) in [5.41, 5.74) is 5.33. The first kappa shape index (κ1) is 14.6. The molecule has 3 rings (SSSR count). The van der Waals surface area contributed by atoms with E-state index in [9.17, 15) is 5.11 Å². The van der Waals surface area contributed by atoms with E-state index in [4.69, 9.17) is 0 Å². The van der Waals surface area contributed by atoms with Crippen molar-refractivity contribution < 1.29 is 5.11 Å². The summed E-state index contributed by atoms with van der Waals surface area (Å²) in [6.45, 7) is 1.37. The van der Waals surface area contributed by atoms with E-state index in [1.165, 1.54) is 67.3 Å². The summed E-state index contributed by atoms with van der Waals surface area (Å²) in [5, 5.41) is 9.74. The first-order valence-corrected chi connectivity index (χ1v) is 8.43. The molecule has 1 heterocycles. The van der Waals surface area contributed by atoms with Crippen LogP contribution in [0.3, 0.4) is 0 Å². The Kier molecular flexibility index (Phi) is 4.64. The molecular formula is C19H27NO. The molecule has 0 unspecified atom stereocenters. The van der Waals surface area contributed by atoms with E-state index in [2.05, 4.69) is 36.2 Å². The van der Waals surface area contributed by atoms with Crippen LogP contribution in [0.2, 0.25) is 0 Å². The Morgan fingerprint density at radius 1 is 1.24 bits per heavy atom. The fourth-order valence-electron chi connectivity index (χ4n) is 3.88. The molecular weight excluding hydrogens is 258 g/mol. The molecule has 2 heteroatoms. The summed E-state index contributed by atoms with van der Waals surface area (Å²) in [7, 11) is 2.18. The third-order valence-corrected chi connectivity index (χ3v) is 5.12. The molecule has 1 aromatic rings. The predicted octanol–water partition coefficient (Wildman–Crippen LogP) is 4.03. The van der Waals surface area contributed by atoms with Gasteiger partial charge in [-0.2, -0.15) is 0 Å². The molecule has 0 spiro atoms. The van der Waals surface area contributed by atoms with Crippen LogP contribution < -0.4 is 4.90 Å². The fraction of sp³-hybridized carbons (Fsp3) is 0.579. The van der Waals surface area contributed by atoms with E-state index >= 15 is 0 Å². The summed E-state index contributed by atoms with van der Waals surface area (Å²) in [6, 6.07) is 6.78. The van der Waals surface area contributed by atoms with Crippen LogP contribution in [-0.4, -0.2) is 25.3 Å². The number of hydrogen-bond acceptors (Lipinski definition) is 2. The van der Waals surface area contributed by atoms with Gasteiger partial charge in [0, 0.05) is 19.3 Å². The Bertz CT molecular complexity index is 514. The van der Waals surface area contributed by atoms with Gasteiger partial charge in [0.05, 0.1) is 6.61 Å². The van der Waals surface area contributed by atoms with Gasteiger partial charge >= 0.3 is 0 Å². The van der Waals surface area contributed by atoms with Gasteiger partial charge in [0.2, 0.25) is 0 Å². The van der Waals surface area contributed by atoms with E-state index < -0.39 is 0 Å². The number of aliphatic hydroxyl groups excluding tert-OH is 1. The van der Waals surface area contributed by atoms with Crippen LogP contribution in [-0.2, 0) is 6.42 Å². The number of hydrogen-bond donors (Lipinski definition) is 1. The minimum atomic E-state index is 0.210. The Balaban J connectivity index is 1.83. The van der Waals surface area contributed by atoms with Crippen molar-refractivity contribution in [3.05, 3.63) is 34.9 Å². The molecule has 0 bridgehead atoms. The molecule has 2 nitrogen and oxygen atoms in total. The van der Waals surface area contributed by atoms with Crippen LogP contribution in [0.5, 0.6) is 0 Å². The second kappa shape index (κ2) is 6.65. The molecule has 1 aliphatic carbocycles. The van der Waals surface area contributed by atoms with Crippen molar-refractivity contribution >= 4 is 11.8 Å². The Morgan fingerprint density at radius 3 is 2.81 bits per heavy atom. The molecule has 1 aromatic carbocycles. The third kappa shape index (κ3) is 3.32. The second-order valence-electron chi connectivity index (χ2n) is 6.63. The third-order valence-electron chi connectivity index (χ3n) is 5.12. The van der Waals surface area contributed by atoms with Gasteiger partial charge in [-0.1, -0.05) is 31.4 Å². The highest BCUT2D eigenvalue weighted by atomic mass is 16.3. The van der Waals surface area contributed by atoms with Crippen molar-refractivity contribution in [1.29, 1.82) is 0 Å². The van der Waals surface area contributed by atoms with Crippen LogP contribution >= 0.6 is 0 Å². The van der Waals surface area contributed by atoms with E-state index in [1.807, 2.05) is 0 Å². The maximum absolute atomic E-state index is 9.74. The van der Waals surface area contributed by atoms with E-state index in [1.54, 1.807) is 0 Å². The molecule has 1 saturated carbocycles. The molecule has 0 saturated heterocycles. The second-order valence-corrected chi connectivity index (χ2v) is 6.63. The topological polar surface area (TPSA) is 23.5 Å². The van der Waals surface area contributed by atoms with Crippen LogP contribution in [0.25, 0.3) is 6.08 Å².